The Morgan fingerprint density at radius 3 is 1.61 bits per heavy atom. The summed E-state index contributed by atoms with van der Waals surface area (Å²) in [5.41, 5.74) is 9.72. The zero-order valence-electron chi connectivity index (χ0n) is 17.0. The van der Waals surface area contributed by atoms with Gasteiger partial charge in [-0.2, -0.15) is 0 Å². The minimum absolute atomic E-state index is 0.109. The highest BCUT2D eigenvalue weighted by molar-refractivity contribution is 5.29. The molecule has 0 unspecified atom stereocenters. The van der Waals surface area contributed by atoms with Gasteiger partial charge in [0, 0.05) is 5.54 Å². The molecule has 0 spiro atoms. The van der Waals surface area contributed by atoms with Crippen molar-refractivity contribution in [1.82, 2.24) is 0 Å². The molecule has 0 amide bonds. The van der Waals surface area contributed by atoms with Gasteiger partial charge in [0.1, 0.15) is 0 Å². The zero-order valence-corrected chi connectivity index (χ0v) is 17.0. The Kier molecular flexibility index (Phi) is 5.79. The minimum atomic E-state index is -0.142. The largest absolute Gasteiger partial charge is 0.326 e. The van der Waals surface area contributed by atoms with Crippen LogP contribution in [0.4, 0.5) is 0 Å². The van der Waals surface area contributed by atoms with E-state index in [1.807, 2.05) is 0 Å². The summed E-state index contributed by atoms with van der Waals surface area (Å²) in [5.74, 6) is 0. The van der Waals surface area contributed by atoms with E-state index < -0.39 is 0 Å². The van der Waals surface area contributed by atoms with Gasteiger partial charge in [-0.3, -0.25) is 0 Å². The van der Waals surface area contributed by atoms with E-state index in [2.05, 4.69) is 86.6 Å². The van der Waals surface area contributed by atoms with E-state index in [1.54, 1.807) is 0 Å². The smallest absolute Gasteiger partial charge is 0.0105 e. The number of rotatable bonds is 6. The third-order valence-electron chi connectivity index (χ3n) is 4.32. The van der Waals surface area contributed by atoms with Gasteiger partial charge in [-0.25, -0.2) is 0 Å². The monoisotopic (exact) mass is 317 g/mol. The molecule has 1 aromatic rings. The fourth-order valence-electron chi connectivity index (χ4n) is 4.37. The molecule has 0 aliphatic carbocycles. The van der Waals surface area contributed by atoms with Crippen LogP contribution in [0, 0.1) is 10.8 Å². The summed E-state index contributed by atoms with van der Waals surface area (Å²) in [7, 11) is 0. The number of hydrogen-bond donors (Lipinski definition) is 1. The molecule has 1 nitrogen and oxygen atoms in total. The molecule has 0 aliphatic rings. The fourth-order valence-corrected chi connectivity index (χ4v) is 4.37. The van der Waals surface area contributed by atoms with Crippen molar-refractivity contribution < 1.29 is 0 Å². The molecule has 23 heavy (non-hydrogen) atoms. The summed E-state index contributed by atoms with van der Waals surface area (Å²) in [6.45, 7) is 20.6. The van der Waals surface area contributed by atoms with Crippen molar-refractivity contribution in [1.29, 1.82) is 0 Å². The molecule has 0 atom stereocenters. The van der Waals surface area contributed by atoms with Crippen LogP contribution in [-0.2, 0) is 11.8 Å². The molecule has 0 radical (unpaired) electrons. The van der Waals surface area contributed by atoms with Crippen molar-refractivity contribution in [3.8, 4) is 0 Å². The Hall–Kier alpha value is -0.820. The molecule has 0 fully saturated rings. The number of nitrogens with two attached hydrogens (primary N) is 1. The van der Waals surface area contributed by atoms with Gasteiger partial charge in [-0.05, 0) is 60.5 Å². The highest BCUT2D eigenvalue weighted by Crippen LogP contribution is 2.36. The van der Waals surface area contributed by atoms with E-state index in [9.17, 15) is 0 Å². The summed E-state index contributed by atoms with van der Waals surface area (Å²) in [6, 6.07) is 9.22. The van der Waals surface area contributed by atoms with Gasteiger partial charge in [-0.1, -0.05) is 72.7 Å². The molecule has 1 heteroatoms. The zero-order chi connectivity index (χ0) is 18.1. The lowest BCUT2D eigenvalue weighted by molar-refractivity contribution is 0.211. The fraction of sp³-hybridized carbons (Fsp3) is 0.727. The lowest BCUT2D eigenvalue weighted by Crippen LogP contribution is -2.39. The Labute approximate surface area is 145 Å². The van der Waals surface area contributed by atoms with Crippen LogP contribution >= 0.6 is 0 Å². The molecule has 0 aliphatic heterocycles. The summed E-state index contributed by atoms with van der Waals surface area (Å²) in [5, 5.41) is 0. The van der Waals surface area contributed by atoms with Crippen molar-refractivity contribution in [2.24, 2.45) is 16.6 Å². The molecule has 1 rings (SSSR count). The van der Waals surface area contributed by atoms with Crippen molar-refractivity contribution >= 4 is 0 Å². The van der Waals surface area contributed by atoms with E-state index >= 15 is 0 Å². The molecule has 0 saturated carbocycles. The van der Waals surface area contributed by atoms with Crippen LogP contribution in [0.3, 0.4) is 0 Å². The van der Waals surface area contributed by atoms with Crippen molar-refractivity contribution in [2.45, 2.75) is 92.5 Å². The molecule has 0 bridgehead atoms. The molecular formula is C22H39N. The Morgan fingerprint density at radius 2 is 1.22 bits per heavy atom. The van der Waals surface area contributed by atoms with Crippen LogP contribution in [0.25, 0.3) is 0 Å². The van der Waals surface area contributed by atoms with E-state index in [1.165, 1.54) is 17.5 Å². The highest BCUT2D eigenvalue weighted by atomic mass is 14.7. The maximum absolute atomic E-state index is 6.23. The minimum Gasteiger partial charge on any atom is -0.326 e. The molecule has 0 aromatic heterocycles. The Morgan fingerprint density at radius 1 is 0.739 bits per heavy atom. The highest BCUT2D eigenvalue weighted by Gasteiger charge is 2.28. The molecule has 0 saturated heterocycles. The van der Waals surface area contributed by atoms with Crippen LogP contribution in [-0.4, -0.2) is 5.54 Å². The number of hydrogen-bond acceptors (Lipinski definition) is 1. The first kappa shape index (κ1) is 20.2. The van der Waals surface area contributed by atoms with Gasteiger partial charge < -0.3 is 5.73 Å². The van der Waals surface area contributed by atoms with Crippen molar-refractivity contribution in [2.75, 3.05) is 0 Å². The average molecular weight is 318 g/mol. The predicted octanol–water partition coefficient (Wildman–Crippen LogP) is 6.10. The maximum Gasteiger partial charge on any atom is 0.0105 e. The second-order valence-electron chi connectivity index (χ2n) is 10.8. The lowest BCUT2D eigenvalue weighted by Gasteiger charge is -2.34. The second-order valence-corrected chi connectivity index (χ2v) is 10.8. The first-order valence-corrected chi connectivity index (χ1v) is 8.98. The van der Waals surface area contributed by atoms with Crippen molar-refractivity contribution in [3.63, 3.8) is 0 Å². The Balaban J connectivity index is 2.85. The summed E-state index contributed by atoms with van der Waals surface area (Å²) in [4.78, 5) is 0. The van der Waals surface area contributed by atoms with Gasteiger partial charge >= 0.3 is 0 Å². The third-order valence-corrected chi connectivity index (χ3v) is 4.32. The van der Waals surface area contributed by atoms with E-state index in [-0.39, 0.29) is 11.0 Å². The maximum atomic E-state index is 6.23. The third kappa shape index (κ3) is 7.52. The SMILES string of the molecule is CC(C)(C)CC(C)(C)Cc1ccc(C(C)(C)CC(C)(C)N)cc1. The molecule has 1 aromatic carbocycles. The number of benzene rings is 1. The first-order valence-electron chi connectivity index (χ1n) is 8.98. The quantitative estimate of drug-likeness (QED) is 0.674. The van der Waals surface area contributed by atoms with Crippen LogP contribution in [0.1, 0.15) is 86.3 Å². The summed E-state index contributed by atoms with van der Waals surface area (Å²) < 4.78 is 0. The van der Waals surface area contributed by atoms with Crippen LogP contribution in [0.15, 0.2) is 24.3 Å². The lowest BCUT2D eigenvalue weighted by atomic mass is 9.72. The second kappa shape index (κ2) is 6.59. The Bertz CT molecular complexity index is 492. The van der Waals surface area contributed by atoms with Crippen molar-refractivity contribution in [3.05, 3.63) is 35.4 Å². The van der Waals surface area contributed by atoms with Gasteiger partial charge in [-0.15, -0.1) is 0 Å². The van der Waals surface area contributed by atoms with E-state index in [0.717, 1.165) is 12.8 Å². The topological polar surface area (TPSA) is 26.0 Å². The van der Waals surface area contributed by atoms with Crippen LogP contribution in [0.2, 0.25) is 0 Å². The van der Waals surface area contributed by atoms with Gasteiger partial charge in [0.15, 0.2) is 0 Å². The molecule has 2 N–H and O–H groups in total. The van der Waals surface area contributed by atoms with Gasteiger partial charge in [0.2, 0.25) is 0 Å². The average Bonchev–Trinajstić information content (AvgIpc) is 2.21. The first-order chi connectivity index (χ1) is 10.1. The van der Waals surface area contributed by atoms with Gasteiger partial charge in [0.25, 0.3) is 0 Å². The molecule has 0 heterocycles. The van der Waals surface area contributed by atoms with Crippen LogP contribution in [0.5, 0.6) is 0 Å². The normalized spacial score (nSPS) is 14.2. The van der Waals surface area contributed by atoms with E-state index in [0.29, 0.717) is 10.8 Å². The predicted molar refractivity (Wildman–Crippen MR) is 104 cm³/mol. The molecular weight excluding hydrogens is 278 g/mol. The van der Waals surface area contributed by atoms with Gasteiger partial charge in [0.05, 0.1) is 0 Å². The standard InChI is InChI=1S/C22H39N/c1-19(2,3)15-20(4,5)14-17-10-12-18(13-11-17)21(6,7)16-22(8,9)23/h10-13H,14-16,23H2,1-9H3. The summed E-state index contributed by atoms with van der Waals surface area (Å²) >= 11 is 0. The van der Waals surface area contributed by atoms with Crippen LogP contribution < -0.4 is 5.73 Å². The van der Waals surface area contributed by atoms with E-state index in [4.69, 9.17) is 5.73 Å². The summed E-state index contributed by atoms with van der Waals surface area (Å²) in [6.07, 6.45) is 3.34. The molecule has 132 valence electrons.